The molecule has 0 aliphatic heterocycles. The van der Waals surface area contributed by atoms with Crippen molar-refractivity contribution < 1.29 is 4.74 Å². The first kappa shape index (κ1) is 14.6. The minimum absolute atomic E-state index is 0.0393. The first-order valence-corrected chi connectivity index (χ1v) is 7.69. The van der Waals surface area contributed by atoms with Gasteiger partial charge in [0.2, 0.25) is 0 Å². The summed E-state index contributed by atoms with van der Waals surface area (Å²) in [5.41, 5.74) is 3.47. The number of halogens is 2. The van der Waals surface area contributed by atoms with Gasteiger partial charge in [0.25, 0.3) is 0 Å². The molecule has 0 amide bonds. The average Bonchev–Trinajstić information content (AvgIpc) is 2.43. The van der Waals surface area contributed by atoms with E-state index >= 15 is 0 Å². The third kappa shape index (κ3) is 3.82. The molecule has 0 bridgehead atoms. The highest BCUT2D eigenvalue weighted by Gasteiger charge is 2.13. The molecule has 1 atom stereocenters. The van der Waals surface area contributed by atoms with Crippen LogP contribution in [0, 0.1) is 6.92 Å². The lowest BCUT2D eigenvalue weighted by molar-refractivity contribution is 0.0562. The number of hydrogen-bond donors (Lipinski definition) is 0. The molecule has 1 nitrogen and oxygen atoms in total. The van der Waals surface area contributed by atoms with Crippen molar-refractivity contribution in [2.24, 2.45) is 0 Å². The van der Waals surface area contributed by atoms with E-state index in [2.05, 4.69) is 35.0 Å². The zero-order valence-electron chi connectivity index (χ0n) is 10.8. The van der Waals surface area contributed by atoms with Gasteiger partial charge in [0.1, 0.15) is 0 Å². The summed E-state index contributed by atoms with van der Waals surface area (Å²) in [6, 6.07) is 16.1. The fourth-order valence-corrected chi connectivity index (χ4v) is 2.70. The summed E-state index contributed by atoms with van der Waals surface area (Å²) in [4.78, 5) is 0. The van der Waals surface area contributed by atoms with E-state index in [9.17, 15) is 0 Å². The minimum Gasteiger partial charge on any atom is -0.368 e. The van der Waals surface area contributed by atoms with Gasteiger partial charge < -0.3 is 4.74 Å². The molecule has 0 aromatic heterocycles. The molecule has 2 rings (SSSR count). The van der Waals surface area contributed by atoms with Crippen molar-refractivity contribution in [2.75, 3.05) is 5.33 Å². The van der Waals surface area contributed by atoms with Crippen LogP contribution < -0.4 is 0 Å². The van der Waals surface area contributed by atoms with Crippen molar-refractivity contribution in [3.63, 3.8) is 0 Å². The van der Waals surface area contributed by atoms with Crippen molar-refractivity contribution in [1.82, 2.24) is 0 Å². The summed E-state index contributed by atoms with van der Waals surface area (Å²) in [5, 5.41) is 1.52. The summed E-state index contributed by atoms with van der Waals surface area (Å²) in [6.07, 6.45) is 0.0393. The van der Waals surface area contributed by atoms with Crippen LogP contribution in [0.25, 0.3) is 0 Å². The summed E-state index contributed by atoms with van der Waals surface area (Å²) in [6.45, 7) is 2.62. The van der Waals surface area contributed by atoms with Crippen LogP contribution in [-0.2, 0) is 11.3 Å². The van der Waals surface area contributed by atoms with Crippen LogP contribution in [0.2, 0.25) is 5.02 Å². The van der Waals surface area contributed by atoms with Crippen molar-refractivity contribution in [1.29, 1.82) is 0 Å². The van der Waals surface area contributed by atoms with E-state index in [1.807, 2.05) is 36.4 Å². The molecule has 0 N–H and O–H groups in total. The molecular weight excluding hydrogens is 324 g/mol. The third-order valence-electron chi connectivity index (χ3n) is 3.07. The Bertz CT molecular complexity index is 542. The molecule has 0 saturated carbocycles. The van der Waals surface area contributed by atoms with E-state index < -0.39 is 0 Å². The maximum absolute atomic E-state index is 6.14. The second-order valence-corrected chi connectivity index (χ2v) is 5.46. The van der Waals surface area contributed by atoms with E-state index in [4.69, 9.17) is 16.3 Å². The minimum atomic E-state index is 0.0393. The van der Waals surface area contributed by atoms with Crippen LogP contribution >= 0.6 is 27.5 Å². The molecule has 19 heavy (non-hydrogen) atoms. The smallest absolute Gasteiger partial charge is 0.0928 e. The Morgan fingerprint density at radius 1 is 1.11 bits per heavy atom. The van der Waals surface area contributed by atoms with Gasteiger partial charge in [-0.2, -0.15) is 0 Å². The molecule has 0 aliphatic rings. The van der Waals surface area contributed by atoms with Gasteiger partial charge in [-0.05, 0) is 29.7 Å². The molecule has 0 aliphatic carbocycles. The molecule has 100 valence electrons. The van der Waals surface area contributed by atoms with Gasteiger partial charge in [-0.3, -0.25) is 0 Å². The maximum Gasteiger partial charge on any atom is 0.0928 e. The number of alkyl halides is 1. The molecule has 0 spiro atoms. The number of benzene rings is 2. The van der Waals surface area contributed by atoms with E-state index in [1.165, 1.54) is 11.1 Å². The zero-order chi connectivity index (χ0) is 13.7. The first-order valence-electron chi connectivity index (χ1n) is 6.19. The Hall–Kier alpha value is -0.830. The maximum atomic E-state index is 6.14. The Balaban J connectivity index is 2.09. The van der Waals surface area contributed by atoms with E-state index in [0.717, 1.165) is 15.9 Å². The van der Waals surface area contributed by atoms with E-state index in [-0.39, 0.29) is 6.10 Å². The van der Waals surface area contributed by atoms with Crippen LogP contribution in [0.1, 0.15) is 22.8 Å². The van der Waals surface area contributed by atoms with E-state index in [0.29, 0.717) is 6.61 Å². The second-order valence-electron chi connectivity index (χ2n) is 4.40. The lowest BCUT2D eigenvalue weighted by atomic mass is 10.0. The molecule has 2 aromatic carbocycles. The molecule has 0 saturated heterocycles. The van der Waals surface area contributed by atoms with Crippen LogP contribution in [0.3, 0.4) is 0 Å². The largest absolute Gasteiger partial charge is 0.368 e. The Labute approximate surface area is 127 Å². The summed E-state index contributed by atoms with van der Waals surface area (Å²) < 4.78 is 5.99. The van der Waals surface area contributed by atoms with Gasteiger partial charge in [-0.15, -0.1) is 0 Å². The lowest BCUT2D eigenvalue weighted by Gasteiger charge is -2.18. The molecule has 1 unspecified atom stereocenters. The van der Waals surface area contributed by atoms with Crippen molar-refractivity contribution in [2.45, 2.75) is 19.6 Å². The lowest BCUT2D eigenvalue weighted by Crippen LogP contribution is -2.07. The van der Waals surface area contributed by atoms with Crippen molar-refractivity contribution >= 4 is 27.5 Å². The normalized spacial score (nSPS) is 12.4. The molecule has 2 aromatic rings. The predicted molar refractivity (Wildman–Crippen MR) is 84.0 cm³/mol. The fourth-order valence-electron chi connectivity index (χ4n) is 1.97. The molecular formula is C16H16BrClO. The van der Waals surface area contributed by atoms with Crippen molar-refractivity contribution in [3.8, 4) is 0 Å². The van der Waals surface area contributed by atoms with Gasteiger partial charge in [0.15, 0.2) is 0 Å². The number of aryl methyl sites for hydroxylation is 1. The Kier molecular flexibility index (Phi) is 5.44. The summed E-state index contributed by atoms with van der Waals surface area (Å²) in [7, 11) is 0. The SMILES string of the molecule is Cc1ccccc1C(CBr)OCc1ccccc1Cl. The summed E-state index contributed by atoms with van der Waals surface area (Å²) >= 11 is 9.66. The van der Waals surface area contributed by atoms with Gasteiger partial charge in [-0.1, -0.05) is 70.0 Å². The predicted octanol–water partition coefficient (Wildman–Crippen LogP) is 5.30. The number of ether oxygens (including phenoxy) is 1. The van der Waals surface area contributed by atoms with Gasteiger partial charge in [-0.25, -0.2) is 0 Å². The van der Waals surface area contributed by atoms with E-state index in [1.54, 1.807) is 0 Å². The molecule has 0 fully saturated rings. The first-order chi connectivity index (χ1) is 9.22. The van der Waals surface area contributed by atoms with Gasteiger partial charge in [0, 0.05) is 10.4 Å². The van der Waals surface area contributed by atoms with Crippen LogP contribution in [0.15, 0.2) is 48.5 Å². The highest BCUT2D eigenvalue weighted by molar-refractivity contribution is 9.09. The third-order valence-corrected chi connectivity index (χ3v) is 4.03. The standard InChI is InChI=1S/C16H16BrClO/c1-12-6-2-4-8-14(12)16(10-17)19-11-13-7-3-5-9-15(13)18/h2-9,16H,10-11H2,1H3. The zero-order valence-corrected chi connectivity index (χ0v) is 13.1. The highest BCUT2D eigenvalue weighted by Crippen LogP contribution is 2.25. The van der Waals surface area contributed by atoms with Crippen molar-refractivity contribution in [3.05, 3.63) is 70.2 Å². The fraction of sp³-hybridized carbons (Fsp3) is 0.250. The van der Waals surface area contributed by atoms with Crippen LogP contribution in [0.5, 0.6) is 0 Å². The number of hydrogen-bond acceptors (Lipinski definition) is 1. The van der Waals surface area contributed by atoms with Crippen LogP contribution in [0.4, 0.5) is 0 Å². The Morgan fingerprint density at radius 2 is 1.79 bits per heavy atom. The average molecular weight is 340 g/mol. The van der Waals surface area contributed by atoms with Gasteiger partial charge >= 0.3 is 0 Å². The molecule has 0 heterocycles. The van der Waals surface area contributed by atoms with Gasteiger partial charge in [0.05, 0.1) is 12.7 Å². The summed E-state index contributed by atoms with van der Waals surface area (Å²) in [5.74, 6) is 0. The molecule has 0 radical (unpaired) electrons. The Morgan fingerprint density at radius 3 is 2.47 bits per heavy atom. The second kappa shape index (κ2) is 7.09. The van der Waals surface area contributed by atoms with Crippen LogP contribution in [-0.4, -0.2) is 5.33 Å². The quantitative estimate of drug-likeness (QED) is 0.672. The monoisotopic (exact) mass is 338 g/mol. The highest BCUT2D eigenvalue weighted by atomic mass is 79.9. The molecule has 3 heteroatoms. The topological polar surface area (TPSA) is 9.23 Å². The number of rotatable bonds is 5.